The van der Waals surface area contributed by atoms with Gasteiger partial charge in [0.25, 0.3) is 0 Å². The first-order chi connectivity index (χ1) is 29.0. The van der Waals surface area contributed by atoms with Crippen LogP contribution in [0, 0.1) is 23.7 Å². The Morgan fingerprint density at radius 2 is 1.84 bits per heavy atom. The quantitative estimate of drug-likeness (QED) is 0.288. The summed E-state index contributed by atoms with van der Waals surface area (Å²) in [7, 11) is 3.87. The highest BCUT2D eigenvalue weighted by Gasteiger charge is 2.60. The number of aliphatic hydroxyl groups is 1. The topological polar surface area (TPSA) is 181 Å². The van der Waals surface area contributed by atoms with Gasteiger partial charge >= 0.3 is 12.1 Å². The van der Waals surface area contributed by atoms with E-state index in [2.05, 4.69) is 29.3 Å². The maximum atomic E-state index is 14.6. The van der Waals surface area contributed by atoms with Crippen molar-refractivity contribution in [3.05, 3.63) is 23.8 Å². The predicted molar refractivity (Wildman–Crippen MR) is 226 cm³/mol. The number of carbonyl (C=O) groups excluding carboxylic acids is 2. The number of aryl methyl sites for hydroxylation is 1. The van der Waals surface area contributed by atoms with Crippen molar-refractivity contribution in [1.82, 2.24) is 24.8 Å². The lowest BCUT2D eigenvalue weighted by atomic mass is 9.72. The van der Waals surface area contributed by atoms with E-state index in [9.17, 15) is 14.7 Å². The second kappa shape index (κ2) is 18.2. The van der Waals surface area contributed by atoms with Crippen LogP contribution in [0.15, 0.2) is 28.3 Å². The minimum absolute atomic E-state index is 0.0130. The van der Waals surface area contributed by atoms with Crippen LogP contribution in [0.5, 0.6) is 0 Å². The molecule has 5 aliphatic heterocycles. The summed E-state index contributed by atoms with van der Waals surface area (Å²) in [5, 5.41) is 25.0. The van der Waals surface area contributed by atoms with Crippen molar-refractivity contribution in [2.75, 3.05) is 40.4 Å². The summed E-state index contributed by atoms with van der Waals surface area (Å²) in [6.45, 7) is 19.4. The number of carbonyl (C=O) groups is 2. The first kappa shape index (κ1) is 45.3. The lowest BCUT2D eigenvalue weighted by molar-refractivity contribution is -0.302. The number of ether oxygens (including phenoxy) is 6. The molecule has 2 aromatic rings. The van der Waals surface area contributed by atoms with Crippen LogP contribution in [-0.4, -0.2) is 154 Å². The molecule has 61 heavy (non-hydrogen) atoms. The highest BCUT2D eigenvalue weighted by atomic mass is 16.7. The molecule has 6 heterocycles. The van der Waals surface area contributed by atoms with E-state index in [0.29, 0.717) is 44.6 Å². The number of aliphatic imine (C=N–C) groups is 1. The summed E-state index contributed by atoms with van der Waals surface area (Å²) in [6, 6.07) is 5.19. The van der Waals surface area contributed by atoms with Gasteiger partial charge in [-0.1, -0.05) is 50.2 Å². The molecule has 4 bridgehead atoms. The molecule has 1 aromatic heterocycles. The van der Waals surface area contributed by atoms with E-state index in [0.717, 1.165) is 22.3 Å². The highest BCUT2D eigenvalue weighted by Crippen LogP contribution is 2.45. The number of nitrogens with zero attached hydrogens (tertiary/aromatic N) is 7. The summed E-state index contributed by atoms with van der Waals surface area (Å²) in [5.41, 5.74) is 1.61. The van der Waals surface area contributed by atoms with Crippen LogP contribution in [0.4, 0.5) is 4.79 Å². The number of hydrogen-bond acceptors (Lipinski definition) is 15. The first-order valence-electron chi connectivity index (χ1n) is 22.1. The second-order valence-electron chi connectivity index (χ2n) is 18.5. The van der Waals surface area contributed by atoms with Gasteiger partial charge in [0.2, 0.25) is 0 Å². The van der Waals surface area contributed by atoms with Crippen molar-refractivity contribution in [2.45, 2.75) is 155 Å². The number of fused-ring (bicyclic) bond motifs is 5. The molecule has 4 fully saturated rings. The SMILES string of the molecule is CC[C@@H]1OC(=O)[C@H](C)[C@H]2OCC(=NOCc3cccc4c3nnn4CC)CO[C@](C)(C[C@@H](C)C3=NCCN4C(=O)O[C@@]1(C)[C@H]4[C@H]3C)[C@@H](O[C@H]1O[C@@H](C)C[C@@H](N(C)C)[C@@H]1O)[C@@H]2C. The largest absolute Gasteiger partial charge is 0.458 e. The lowest BCUT2D eigenvalue weighted by Crippen LogP contribution is -2.60. The van der Waals surface area contributed by atoms with Crippen molar-refractivity contribution >= 4 is 34.5 Å². The molecule has 4 saturated heterocycles. The molecule has 7 rings (SSSR count). The molecule has 0 spiro atoms. The Bertz CT molecular complexity index is 1960. The number of oxime groups is 1. The molecular formula is C44H67N7O10. The Hall–Kier alpha value is -3.74. The van der Waals surface area contributed by atoms with Crippen molar-refractivity contribution in [3.8, 4) is 0 Å². The Kier molecular flexibility index (Phi) is 13.5. The maximum Gasteiger partial charge on any atom is 0.410 e. The average Bonchev–Trinajstić information content (AvgIpc) is 3.70. The van der Waals surface area contributed by atoms with Crippen LogP contribution in [0.2, 0.25) is 0 Å². The fourth-order valence-electron chi connectivity index (χ4n) is 10.8. The number of esters is 1. The number of amides is 1. The smallest absolute Gasteiger partial charge is 0.410 e. The highest BCUT2D eigenvalue weighted by molar-refractivity contribution is 5.91. The number of aromatic nitrogens is 3. The Morgan fingerprint density at radius 3 is 2.56 bits per heavy atom. The standard InChI is InChI=1S/C44H67N7O10/c1-12-33-44(9)38-26(5)34(45-17-18-50(38)42(54)61-44)24(3)20-43(8)39(60-41-36(52)32(49(10)11)19-25(4)58-41)27(6)37(28(7)40(53)59-33)55-22-30(23-56-43)47-57-21-29-15-14-16-31-35(29)46-48-51(31)13-2/h14-16,24-28,32-33,36-39,41,52H,12-13,17-23H2,1-11H3/t24-,25+,26+,27-,28-,32-,33+,36+,37+,38-,39+,41-,43-,44-/m1/s1. The third kappa shape index (κ3) is 8.66. The average molecular weight is 854 g/mol. The van der Waals surface area contributed by atoms with E-state index in [1.807, 2.05) is 83.4 Å². The van der Waals surface area contributed by atoms with Gasteiger partial charge < -0.3 is 43.3 Å². The van der Waals surface area contributed by atoms with Gasteiger partial charge in [0.05, 0.1) is 61.1 Å². The maximum absolute atomic E-state index is 14.6. The van der Waals surface area contributed by atoms with E-state index in [1.54, 1.807) is 11.8 Å². The molecule has 0 aliphatic carbocycles. The molecule has 1 aromatic carbocycles. The molecule has 14 atom stereocenters. The van der Waals surface area contributed by atoms with E-state index in [4.69, 9.17) is 38.3 Å². The number of hydrogen-bond donors (Lipinski definition) is 1. The van der Waals surface area contributed by atoms with Gasteiger partial charge in [0.1, 0.15) is 30.0 Å². The van der Waals surface area contributed by atoms with Crippen LogP contribution in [0.25, 0.3) is 11.0 Å². The number of rotatable bonds is 8. The van der Waals surface area contributed by atoms with Crippen LogP contribution >= 0.6 is 0 Å². The third-order valence-corrected chi connectivity index (χ3v) is 13.9. The van der Waals surface area contributed by atoms with Gasteiger partial charge in [0, 0.05) is 42.2 Å². The zero-order valence-electron chi connectivity index (χ0n) is 37.8. The molecular weight excluding hydrogens is 787 g/mol. The number of cyclic esters (lactones) is 1. The van der Waals surface area contributed by atoms with Gasteiger partial charge in [-0.05, 0) is 80.0 Å². The van der Waals surface area contributed by atoms with Gasteiger partial charge in [-0.25, -0.2) is 9.48 Å². The summed E-state index contributed by atoms with van der Waals surface area (Å²) in [4.78, 5) is 43.1. The molecule has 0 radical (unpaired) electrons. The lowest BCUT2D eigenvalue weighted by Gasteiger charge is -2.48. The summed E-state index contributed by atoms with van der Waals surface area (Å²) in [5.74, 6) is -2.29. The van der Waals surface area contributed by atoms with E-state index in [1.165, 1.54) is 0 Å². The van der Waals surface area contributed by atoms with Crippen molar-refractivity contribution < 1.29 is 48.0 Å². The predicted octanol–water partition coefficient (Wildman–Crippen LogP) is 4.61. The fraction of sp³-hybridized carbons (Fsp3) is 0.773. The number of likely N-dealkylation sites (N-methyl/N-ethyl adjacent to an activating group) is 1. The zero-order chi connectivity index (χ0) is 44.0. The third-order valence-electron chi connectivity index (χ3n) is 13.9. The fourth-order valence-corrected chi connectivity index (χ4v) is 10.8. The zero-order valence-corrected chi connectivity index (χ0v) is 37.8. The molecule has 5 aliphatic rings. The summed E-state index contributed by atoms with van der Waals surface area (Å²) < 4.78 is 41.8. The molecule has 17 nitrogen and oxygen atoms in total. The van der Waals surface area contributed by atoms with Crippen molar-refractivity contribution in [1.29, 1.82) is 0 Å². The van der Waals surface area contributed by atoms with Gasteiger partial charge in [-0.2, -0.15) is 0 Å². The normalized spacial score (nSPS) is 39.5. The molecule has 17 heteroatoms. The number of benzene rings is 1. The molecule has 0 unspecified atom stereocenters. The van der Waals surface area contributed by atoms with Crippen LogP contribution in [0.3, 0.4) is 0 Å². The van der Waals surface area contributed by atoms with Crippen LogP contribution in [-0.2, 0) is 51.2 Å². The summed E-state index contributed by atoms with van der Waals surface area (Å²) in [6.07, 6.45) is -3.50. The summed E-state index contributed by atoms with van der Waals surface area (Å²) >= 11 is 0. The van der Waals surface area contributed by atoms with Crippen LogP contribution < -0.4 is 0 Å². The van der Waals surface area contributed by atoms with Gasteiger partial charge in [-0.3, -0.25) is 14.7 Å². The Morgan fingerprint density at radius 1 is 1.07 bits per heavy atom. The molecule has 0 saturated carbocycles. The van der Waals surface area contributed by atoms with Crippen LogP contribution in [0.1, 0.15) is 87.1 Å². The Labute approximate surface area is 359 Å². The van der Waals surface area contributed by atoms with E-state index in [-0.39, 0.29) is 43.8 Å². The number of aliphatic hydroxyl groups excluding tert-OH is 1. The van der Waals surface area contributed by atoms with Gasteiger partial charge in [-0.15, -0.1) is 5.10 Å². The van der Waals surface area contributed by atoms with E-state index < -0.39 is 71.8 Å². The van der Waals surface area contributed by atoms with Crippen molar-refractivity contribution in [3.63, 3.8) is 0 Å². The first-order valence-corrected chi connectivity index (χ1v) is 22.1. The van der Waals surface area contributed by atoms with Gasteiger partial charge in [0.15, 0.2) is 11.9 Å². The molecule has 338 valence electrons. The van der Waals surface area contributed by atoms with Crippen molar-refractivity contribution in [2.24, 2.45) is 33.8 Å². The monoisotopic (exact) mass is 853 g/mol. The van der Waals surface area contributed by atoms with E-state index >= 15 is 0 Å². The minimum Gasteiger partial charge on any atom is -0.458 e. The second-order valence-corrected chi connectivity index (χ2v) is 18.5. The molecule has 1 N–H and O–H groups in total. The Balaban J connectivity index is 1.30. The molecule has 1 amide bonds. The minimum atomic E-state index is -1.14.